The average molecular weight is 316 g/mol. The van der Waals surface area contributed by atoms with Gasteiger partial charge in [0.05, 0.1) is 12.5 Å². The quantitative estimate of drug-likeness (QED) is 0.896. The normalized spacial score (nSPS) is 22.6. The molecule has 3 nitrogen and oxygen atoms in total. The third-order valence-electron chi connectivity index (χ3n) is 3.77. The van der Waals surface area contributed by atoms with Crippen LogP contribution in [0.3, 0.4) is 0 Å². The Hall–Kier alpha value is -0.770. The molecule has 1 fully saturated rings. The van der Waals surface area contributed by atoms with Gasteiger partial charge in [-0.05, 0) is 49.3 Å². The molecule has 0 unspecified atom stereocenters. The van der Waals surface area contributed by atoms with Crippen molar-refractivity contribution in [3.8, 4) is 0 Å². The molecule has 1 aromatic rings. The van der Waals surface area contributed by atoms with Gasteiger partial charge in [-0.2, -0.15) is 0 Å². The summed E-state index contributed by atoms with van der Waals surface area (Å²) in [6, 6.07) is 5.16. The first-order valence-electron chi connectivity index (χ1n) is 6.93. The highest BCUT2D eigenvalue weighted by Gasteiger charge is 2.19. The summed E-state index contributed by atoms with van der Waals surface area (Å²) in [4.78, 5) is 11.9. The first-order valence-corrected chi connectivity index (χ1v) is 7.69. The van der Waals surface area contributed by atoms with Crippen molar-refractivity contribution in [1.29, 1.82) is 0 Å². The van der Waals surface area contributed by atoms with Gasteiger partial charge < -0.3 is 10.4 Å². The molecule has 0 radical (unpaired) electrons. The predicted octanol–water partition coefficient (Wildman–Crippen LogP) is 3.20. The van der Waals surface area contributed by atoms with Crippen LogP contribution < -0.4 is 5.32 Å². The Kier molecular flexibility index (Phi) is 5.70. The molecule has 2 N–H and O–H groups in total. The predicted molar refractivity (Wildman–Crippen MR) is 81.1 cm³/mol. The van der Waals surface area contributed by atoms with Gasteiger partial charge in [0.25, 0.3) is 0 Å². The minimum Gasteiger partial charge on any atom is -0.393 e. The number of halogens is 2. The van der Waals surface area contributed by atoms with E-state index in [0.29, 0.717) is 22.5 Å². The smallest absolute Gasteiger partial charge is 0.224 e. The summed E-state index contributed by atoms with van der Waals surface area (Å²) in [6.07, 6.45) is 3.74. The number of nitrogens with one attached hydrogen (secondary N) is 1. The fourth-order valence-electron chi connectivity index (χ4n) is 2.51. The zero-order valence-corrected chi connectivity index (χ0v) is 12.8. The van der Waals surface area contributed by atoms with Gasteiger partial charge in [-0.15, -0.1) is 0 Å². The largest absolute Gasteiger partial charge is 0.393 e. The molecule has 20 heavy (non-hydrogen) atoms. The topological polar surface area (TPSA) is 49.3 Å². The lowest BCUT2D eigenvalue weighted by atomic mass is 9.87. The van der Waals surface area contributed by atoms with Crippen LogP contribution in [0.1, 0.15) is 31.2 Å². The number of hydrogen-bond acceptors (Lipinski definition) is 2. The van der Waals surface area contributed by atoms with Crippen molar-refractivity contribution >= 4 is 29.1 Å². The van der Waals surface area contributed by atoms with Gasteiger partial charge in [-0.3, -0.25) is 4.79 Å². The highest BCUT2D eigenvalue weighted by molar-refractivity contribution is 6.35. The average Bonchev–Trinajstić information content (AvgIpc) is 2.41. The number of carbonyl (C=O) groups is 1. The first-order chi connectivity index (χ1) is 9.54. The van der Waals surface area contributed by atoms with E-state index in [0.717, 1.165) is 31.2 Å². The maximum atomic E-state index is 11.9. The second kappa shape index (κ2) is 7.30. The molecule has 5 heteroatoms. The molecule has 0 saturated heterocycles. The standard InChI is InChI=1S/C15H19Cl2NO2/c16-12-4-3-11(14(17)8-12)7-15(20)18-9-10-1-5-13(19)6-2-10/h3-4,8,10,13,19H,1-2,5-7,9H2,(H,18,20). The van der Waals surface area contributed by atoms with E-state index in [9.17, 15) is 9.90 Å². The van der Waals surface area contributed by atoms with Gasteiger partial charge in [-0.1, -0.05) is 29.3 Å². The van der Waals surface area contributed by atoms with E-state index in [2.05, 4.69) is 5.32 Å². The van der Waals surface area contributed by atoms with Crippen molar-refractivity contribution in [2.75, 3.05) is 6.54 Å². The van der Waals surface area contributed by atoms with E-state index in [-0.39, 0.29) is 18.4 Å². The molecule has 1 aliphatic carbocycles. The lowest BCUT2D eigenvalue weighted by Crippen LogP contribution is -2.33. The van der Waals surface area contributed by atoms with E-state index < -0.39 is 0 Å². The molecular formula is C15H19Cl2NO2. The Labute approximate surface area is 129 Å². The summed E-state index contributed by atoms with van der Waals surface area (Å²) in [5.41, 5.74) is 0.785. The van der Waals surface area contributed by atoms with Gasteiger partial charge in [0.2, 0.25) is 5.91 Å². The van der Waals surface area contributed by atoms with Gasteiger partial charge in [-0.25, -0.2) is 0 Å². The molecule has 0 heterocycles. The second-order valence-electron chi connectivity index (χ2n) is 5.39. The van der Waals surface area contributed by atoms with Crippen LogP contribution in [0.2, 0.25) is 10.0 Å². The number of amides is 1. The molecule has 2 rings (SSSR count). The van der Waals surface area contributed by atoms with Crippen molar-refractivity contribution in [1.82, 2.24) is 5.32 Å². The molecule has 0 spiro atoms. The number of hydrogen-bond donors (Lipinski definition) is 2. The molecule has 0 aliphatic heterocycles. The molecule has 1 aliphatic rings. The zero-order chi connectivity index (χ0) is 14.5. The first kappa shape index (κ1) is 15.6. The van der Waals surface area contributed by atoms with Crippen LogP contribution in [0.5, 0.6) is 0 Å². The van der Waals surface area contributed by atoms with Crippen molar-refractivity contribution in [2.24, 2.45) is 5.92 Å². The van der Waals surface area contributed by atoms with Gasteiger partial charge in [0.15, 0.2) is 0 Å². The second-order valence-corrected chi connectivity index (χ2v) is 6.23. The summed E-state index contributed by atoms with van der Waals surface area (Å²) in [5.74, 6) is 0.448. The molecule has 1 aromatic carbocycles. The Balaban J connectivity index is 1.78. The van der Waals surface area contributed by atoms with Crippen molar-refractivity contribution in [2.45, 2.75) is 38.2 Å². The van der Waals surface area contributed by atoms with Crippen LogP contribution in [0.4, 0.5) is 0 Å². The fourth-order valence-corrected chi connectivity index (χ4v) is 2.98. The van der Waals surface area contributed by atoms with Crippen LogP contribution >= 0.6 is 23.2 Å². The van der Waals surface area contributed by atoms with Crippen molar-refractivity contribution < 1.29 is 9.90 Å². The van der Waals surface area contributed by atoms with Crippen molar-refractivity contribution in [3.63, 3.8) is 0 Å². The SMILES string of the molecule is O=C(Cc1ccc(Cl)cc1Cl)NCC1CCC(O)CC1. The Morgan fingerprint density at radius 1 is 1.25 bits per heavy atom. The molecule has 110 valence electrons. The number of aliphatic hydroxyl groups excluding tert-OH is 1. The number of carbonyl (C=O) groups excluding carboxylic acids is 1. The van der Waals surface area contributed by atoms with E-state index in [1.165, 1.54) is 0 Å². The van der Waals surface area contributed by atoms with Crippen LogP contribution in [-0.4, -0.2) is 23.7 Å². The molecule has 0 bridgehead atoms. The van der Waals surface area contributed by atoms with Crippen LogP contribution in [0.25, 0.3) is 0 Å². The van der Waals surface area contributed by atoms with Crippen LogP contribution in [0, 0.1) is 5.92 Å². The molecule has 1 saturated carbocycles. The minimum atomic E-state index is -0.158. The number of benzene rings is 1. The van der Waals surface area contributed by atoms with E-state index >= 15 is 0 Å². The van der Waals surface area contributed by atoms with Crippen molar-refractivity contribution in [3.05, 3.63) is 33.8 Å². The lowest BCUT2D eigenvalue weighted by Gasteiger charge is -2.25. The number of aliphatic hydroxyl groups is 1. The van der Waals surface area contributed by atoms with Gasteiger partial charge in [0.1, 0.15) is 0 Å². The monoisotopic (exact) mass is 315 g/mol. The molecule has 0 atom stereocenters. The van der Waals surface area contributed by atoms with E-state index in [4.69, 9.17) is 23.2 Å². The Bertz CT molecular complexity index is 471. The van der Waals surface area contributed by atoms with Gasteiger partial charge >= 0.3 is 0 Å². The lowest BCUT2D eigenvalue weighted by molar-refractivity contribution is -0.120. The Morgan fingerprint density at radius 3 is 2.60 bits per heavy atom. The molecule has 0 aromatic heterocycles. The summed E-state index contributed by atoms with van der Waals surface area (Å²) in [7, 11) is 0. The zero-order valence-electron chi connectivity index (χ0n) is 11.2. The van der Waals surface area contributed by atoms with E-state index in [1.807, 2.05) is 0 Å². The van der Waals surface area contributed by atoms with Gasteiger partial charge in [0, 0.05) is 16.6 Å². The Morgan fingerprint density at radius 2 is 1.95 bits per heavy atom. The summed E-state index contributed by atoms with van der Waals surface area (Å²) in [5, 5.41) is 13.5. The van der Waals surface area contributed by atoms with Crippen LogP contribution in [-0.2, 0) is 11.2 Å². The minimum absolute atomic E-state index is 0.0275. The maximum Gasteiger partial charge on any atom is 0.224 e. The van der Waals surface area contributed by atoms with E-state index in [1.54, 1.807) is 18.2 Å². The number of rotatable bonds is 4. The molecule has 1 amide bonds. The maximum absolute atomic E-state index is 11.9. The van der Waals surface area contributed by atoms with Crippen LogP contribution in [0.15, 0.2) is 18.2 Å². The highest BCUT2D eigenvalue weighted by Crippen LogP contribution is 2.24. The fraction of sp³-hybridized carbons (Fsp3) is 0.533. The third-order valence-corrected chi connectivity index (χ3v) is 4.36. The summed E-state index contributed by atoms with van der Waals surface area (Å²) in [6.45, 7) is 0.677. The highest BCUT2D eigenvalue weighted by atomic mass is 35.5. The summed E-state index contributed by atoms with van der Waals surface area (Å²) >= 11 is 11.9. The third kappa shape index (κ3) is 4.65. The summed E-state index contributed by atoms with van der Waals surface area (Å²) < 4.78 is 0. The molecular weight excluding hydrogens is 297 g/mol.